The number of carbonyl (C=O) groups is 3. The lowest BCUT2D eigenvalue weighted by Crippen LogP contribution is -2.22. The molecule has 0 aliphatic rings. The van der Waals surface area contributed by atoms with Crippen LogP contribution in [0, 0.1) is 11.6 Å². The highest BCUT2D eigenvalue weighted by Crippen LogP contribution is 2.34. The van der Waals surface area contributed by atoms with E-state index in [4.69, 9.17) is 14.2 Å². The molecule has 2 aromatic rings. The highest BCUT2D eigenvalue weighted by molar-refractivity contribution is 9.10. The fraction of sp³-hybridized carbons (Fsp3) is 0.211. The first-order valence-electron chi connectivity index (χ1n) is 8.31. The highest BCUT2D eigenvalue weighted by Gasteiger charge is 2.21. The van der Waals surface area contributed by atoms with Crippen LogP contribution in [-0.2, 0) is 14.3 Å². The van der Waals surface area contributed by atoms with Crippen LogP contribution < -0.4 is 20.1 Å². The minimum absolute atomic E-state index is 0.0208. The standard InChI is InChI=1S/C19H17BrF2N2O6/c1-9(25)23-14-7-16(29-3)15(28-2)6-11(14)19(27)30-8-17(26)24-18-12(20)4-10(21)5-13(18)22/h4-7H,8H2,1-3H3,(H,23,25)(H,24,26). The molecule has 160 valence electrons. The fourth-order valence-corrected chi connectivity index (χ4v) is 2.89. The van der Waals surface area contributed by atoms with Crippen LogP contribution in [0.1, 0.15) is 17.3 Å². The minimum Gasteiger partial charge on any atom is -0.493 e. The number of halogens is 3. The Hall–Kier alpha value is -3.21. The van der Waals surface area contributed by atoms with Gasteiger partial charge in [0, 0.05) is 29.6 Å². The number of methoxy groups -OCH3 is 2. The maximum Gasteiger partial charge on any atom is 0.340 e. The maximum atomic E-state index is 13.8. The number of ether oxygens (including phenoxy) is 3. The summed E-state index contributed by atoms with van der Waals surface area (Å²) in [7, 11) is 2.73. The topological polar surface area (TPSA) is 103 Å². The van der Waals surface area contributed by atoms with Gasteiger partial charge < -0.3 is 24.8 Å². The lowest BCUT2D eigenvalue weighted by molar-refractivity contribution is -0.119. The van der Waals surface area contributed by atoms with Gasteiger partial charge in [-0.15, -0.1) is 0 Å². The third-order valence-corrected chi connectivity index (χ3v) is 4.29. The van der Waals surface area contributed by atoms with Crippen molar-refractivity contribution in [2.45, 2.75) is 6.92 Å². The van der Waals surface area contributed by atoms with E-state index in [2.05, 4.69) is 26.6 Å². The van der Waals surface area contributed by atoms with E-state index in [9.17, 15) is 23.2 Å². The number of carbonyl (C=O) groups excluding carboxylic acids is 3. The quantitative estimate of drug-likeness (QED) is 0.580. The summed E-state index contributed by atoms with van der Waals surface area (Å²) in [5.74, 6) is -3.65. The van der Waals surface area contributed by atoms with Crippen LogP contribution in [0.3, 0.4) is 0 Å². The SMILES string of the molecule is COc1cc(NC(C)=O)c(C(=O)OCC(=O)Nc2c(F)cc(F)cc2Br)cc1OC. The van der Waals surface area contributed by atoms with Gasteiger partial charge in [0.15, 0.2) is 23.9 Å². The van der Waals surface area contributed by atoms with Gasteiger partial charge in [-0.1, -0.05) is 0 Å². The van der Waals surface area contributed by atoms with Crippen molar-refractivity contribution in [3.63, 3.8) is 0 Å². The zero-order chi connectivity index (χ0) is 22.4. The Labute approximate surface area is 178 Å². The Kier molecular flexibility index (Phi) is 7.70. The van der Waals surface area contributed by atoms with Crippen molar-refractivity contribution in [3.05, 3.63) is 45.9 Å². The molecule has 0 heterocycles. The van der Waals surface area contributed by atoms with E-state index in [-0.39, 0.29) is 32.9 Å². The van der Waals surface area contributed by atoms with Crippen LogP contribution in [0.5, 0.6) is 11.5 Å². The smallest absolute Gasteiger partial charge is 0.340 e. The average Bonchev–Trinajstić information content (AvgIpc) is 2.68. The second-order valence-electron chi connectivity index (χ2n) is 5.80. The molecular formula is C19H17BrF2N2O6. The molecule has 8 nitrogen and oxygen atoms in total. The third-order valence-electron chi connectivity index (χ3n) is 3.66. The summed E-state index contributed by atoms with van der Waals surface area (Å²) >= 11 is 2.94. The number of hydrogen-bond donors (Lipinski definition) is 2. The van der Waals surface area contributed by atoms with E-state index in [1.807, 2.05) is 0 Å². The van der Waals surface area contributed by atoms with E-state index < -0.39 is 36.0 Å². The number of benzene rings is 2. The largest absolute Gasteiger partial charge is 0.493 e. The van der Waals surface area contributed by atoms with Gasteiger partial charge >= 0.3 is 5.97 Å². The number of esters is 1. The molecule has 2 aromatic carbocycles. The van der Waals surface area contributed by atoms with Gasteiger partial charge in [0.25, 0.3) is 5.91 Å². The molecule has 11 heteroatoms. The van der Waals surface area contributed by atoms with E-state index in [1.165, 1.54) is 33.3 Å². The Morgan fingerprint density at radius 3 is 2.20 bits per heavy atom. The Morgan fingerprint density at radius 1 is 1.00 bits per heavy atom. The Balaban J connectivity index is 2.17. The summed E-state index contributed by atoms with van der Waals surface area (Å²) in [5, 5.41) is 4.64. The number of hydrogen-bond acceptors (Lipinski definition) is 6. The molecule has 0 unspecified atom stereocenters. The van der Waals surface area contributed by atoms with Crippen molar-refractivity contribution < 1.29 is 37.4 Å². The summed E-state index contributed by atoms with van der Waals surface area (Å²) < 4.78 is 42.1. The maximum absolute atomic E-state index is 13.8. The molecule has 2 N–H and O–H groups in total. The molecule has 0 aliphatic heterocycles. The summed E-state index contributed by atoms with van der Waals surface area (Å²) in [6.07, 6.45) is 0. The van der Waals surface area contributed by atoms with Gasteiger partial charge in [0.1, 0.15) is 5.82 Å². The first-order valence-corrected chi connectivity index (χ1v) is 9.10. The molecule has 0 fully saturated rings. The molecule has 0 saturated heterocycles. The highest BCUT2D eigenvalue weighted by atomic mass is 79.9. The Bertz CT molecular complexity index is 976. The van der Waals surface area contributed by atoms with E-state index in [1.54, 1.807) is 0 Å². The number of anilines is 2. The molecule has 2 rings (SSSR count). The first-order chi connectivity index (χ1) is 14.2. The third kappa shape index (κ3) is 5.66. The second-order valence-corrected chi connectivity index (χ2v) is 6.66. The van der Waals surface area contributed by atoms with Gasteiger partial charge in [-0.2, -0.15) is 0 Å². The molecule has 0 radical (unpaired) electrons. The van der Waals surface area contributed by atoms with Crippen molar-refractivity contribution in [1.82, 2.24) is 0 Å². The van der Waals surface area contributed by atoms with Crippen LogP contribution in [0.2, 0.25) is 0 Å². The van der Waals surface area contributed by atoms with Crippen LogP contribution in [-0.4, -0.2) is 38.6 Å². The van der Waals surface area contributed by atoms with E-state index >= 15 is 0 Å². The molecular weight excluding hydrogens is 470 g/mol. The van der Waals surface area contributed by atoms with Gasteiger partial charge in [0.05, 0.1) is 31.2 Å². The zero-order valence-electron chi connectivity index (χ0n) is 16.1. The van der Waals surface area contributed by atoms with Crippen LogP contribution in [0.4, 0.5) is 20.2 Å². The first kappa shape index (κ1) is 23.1. The van der Waals surface area contributed by atoms with Gasteiger partial charge in [-0.3, -0.25) is 9.59 Å². The van der Waals surface area contributed by atoms with E-state index in [0.29, 0.717) is 6.07 Å². The number of rotatable bonds is 7. The summed E-state index contributed by atoms with van der Waals surface area (Å²) in [4.78, 5) is 35.9. The molecule has 30 heavy (non-hydrogen) atoms. The lowest BCUT2D eigenvalue weighted by atomic mass is 10.1. The molecule has 0 atom stereocenters. The number of nitrogens with one attached hydrogen (secondary N) is 2. The van der Waals surface area contributed by atoms with Gasteiger partial charge in [-0.25, -0.2) is 13.6 Å². The van der Waals surface area contributed by atoms with Gasteiger partial charge in [0.2, 0.25) is 5.91 Å². The molecule has 0 aromatic heterocycles. The van der Waals surface area contributed by atoms with Crippen molar-refractivity contribution in [3.8, 4) is 11.5 Å². The minimum atomic E-state index is -1.01. The van der Waals surface area contributed by atoms with Crippen molar-refractivity contribution in [1.29, 1.82) is 0 Å². The second kappa shape index (κ2) is 10.0. The van der Waals surface area contributed by atoms with Crippen molar-refractivity contribution in [2.24, 2.45) is 0 Å². The van der Waals surface area contributed by atoms with Crippen LogP contribution in [0.15, 0.2) is 28.7 Å². The van der Waals surface area contributed by atoms with Gasteiger partial charge in [-0.05, 0) is 22.0 Å². The molecule has 2 amide bonds. The monoisotopic (exact) mass is 486 g/mol. The fourth-order valence-electron chi connectivity index (χ4n) is 2.39. The summed E-state index contributed by atoms with van der Waals surface area (Å²) in [6, 6.07) is 4.20. The normalized spacial score (nSPS) is 10.2. The lowest BCUT2D eigenvalue weighted by Gasteiger charge is -2.15. The van der Waals surface area contributed by atoms with Crippen molar-refractivity contribution in [2.75, 3.05) is 31.5 Å². The molecule has 0 aliphatic carbocycles. The summed E-state index contributed by atoms with van der Waals surface area (Å²) in [5.41, 5.74) is -0.315. The van der Waals surface area contributed by atoms with Crippen molar-refractivity contribution >= 4 is 45.1 Å². The van der Waals surface area contributed by atoms with Crippen LogP contribution in [0.25, 0.3) is 0 Å². The predicted molar refractivity (Wildman–Crippen MR) is 107 cm³/mol. The number of amides is 2. The average molecular weight is 487 g/mol. The molecule has 0 bridgehead atoms. The van der Waals surface area contributed by atoms with E-state index in [0.717, 1.165) is 6.07 Å². The predicted octanol–water partition coefficient (Wildman–Crippen LogP) is 3.50. The summed E-state index contributed by atoms with van der Waals surface area (Å²) in [6.45, 7) is 0.477. The zero-order valence-corrected chi connectivity index (χ0v) is 17.7. The van der Waals surface area contributed by atoms with Crippen LogP contribution >= 0.6 is 15.9 Å². The molecule has 0 saturated carbocycles. The molecule has 0 spiro atoms. The Morgan fingerprint density at radius 2 is 1.63 bits per heavy atom.